The van der Waals surface area contributed by atoms with Crippen molar-refractivity contribution in [3.8, 4) is 0 Å². The average molecular weight is 333 g/mol. The molecule has 0 aliphatic carbocycles. The van der Waals surface area contributed by atoms with Gasteiger partial charge in [0.15, 0.2) is 0 Å². The lowest BCUT2D eigenvalue weighted by Gasteiger charge is -2.23. The second-order valence-electron chi connectivity index (χ2n) is 6.35. The van der Waals surface area contributed by atoms with E-state index < -0.39 is 11.9 Å². The molecule has 0 saturated carbocycles. The molecule has 0 saturated heterocycles. The maximum atomic E-state index is 11.5. The molecule has 134 valence electrons. The predicted octanol–water partition coefficient (Wildman–Crippen LogP) is 3.14. The molecule has 0 aliphatic heterocycles. The van der Waals surface area contributed by atoms with Gasteiger partial charge in [0.1, 0.15) is 0 Å². The molecule has 1 rings (SSSR count). The van der Waals surface area contributed by atoms with Gasteiger partial charge in [-0.25, -0.2) is 5.84 Å². The predicted molar refractivity (Wildman–Crippen MR) is 98.2 cm³/mol. The third-order valence-electron chi connectivity index (χ3n) is 4.62. The number of aryl methyl sites for hydroxylation is 2. The summed E-state index contributed by atoms with van der Waals surface area (Å²) in [5.74, 6) is 4.41. The molecule has 0 radical (unpaired) electrons. The number of benzene rings is 1. The number of rotatable bonds is 9. The maximum Gasteiger partial charge on any atom is 0.306 e. The molecule has 2 atom stereocenters. The number of aliphatic carboxylic acids is 1. The van der Waals surface area contributed by atoms with Crippen LogP contribution in [-0.2, 0) is 11.2 Å². The van der Waals surface area contributed by atoms with Crippen LogP contribution in [0.5, 0.6) is 0 Å². The molecule has 0 heterocycles. The van der Waals surface area contributed by atoms with Crippen molar-refractivity contribution >= 4 is 5.97 Å². The Kier molecular flexibility index (Phi) is 7.79. The Bertz CT molecular complexity index is 584. The van der Waals surface area contributed by atoms with Crippen molar-refractivity contribution in [1.29, 1.82) is 0 Å². The van der Waals surface area contributed by atoms with Crippen LogP contribution in [0.2, 0.25) is 0 Å². The lowest BCUT2D eigenvalue weighted by Crippen LogP contribution is -2.26. The van der Waals surface area contributed by atoms with E-state index in [-0.39, 0.29) is 5.92 Å². The molecule has 5 heteroatoms. The van der Waals surface area contributed by atoms with Crippen LogP contribution in [0, 0.1) is 12.8 Å². The first-order valence-electron chi connectivity index (χ1n) is 8.59. The summed E-state index contributed by atoms with van der Waals surface area (Å²) >= 11 is 0. The molecule has 5 nitrogen and oxygen atoms in total. The fraction of sp³-hybridized carbons (Fsp3) is 0.526. The highest BCUT2D eigenvalue weighted by atomic mass is 16.4. The first-order valence-corrected chi connectivity index (χ1v) is 8.59. The van der Waals surface area contributed by atoms with Crippen LogP contribution in [-0.4, -0.2) is 22.6 Å². The summed E-state index contributed by atoms with van der Waals surface area (Å²) in [6.45, 7) is 8.58. The number of carboxylic acid groups (broad SMARTS) is 1. The highest BCUT2D eigenvalue weighted by molar-refractivity contribution is 5.71. The molecule has 0 amide bonds. The SMILES string of the molecule is CCc1cc(C(CC/C(N)=C/N(N)CC)C(C)C(=O)O)ccc1C. The van der Waals surface area contributed by atoms with Gasteiger partial charge in [0.2, 0.25) is 0 Å². The van der Waals surface area contributed by atoms with Gasteiger partial charge in [0.25, 0.3) is 0 Å². The van der Waals surface area contributed by atoms with E-state index in [4.69, 9.17) is 11.6 Å². The van der Waals surface area contributed by atoms with Crippen molar-refractivity contribution in [2.45, 2.75) is 52.9 Å². The number of nitrogens with two attached hydrogens (primary N) is 2. The minimum absolute atomic E-state index is 0.0757. The fourth-order valence-electron chi connectivity index (χ4n) is 2.87. The topological polar surface area (TPSA) is 92.6 Å². The van der Waals surface area contributed by atoms with Crippen LogP contribution in [0.25, 0.3) is 0 Å². The highest BCUT2D eigenvalue weighted by Gasteiger charge is 2.25. The van der Waals surface area contributed by atoms with Gasteiger partial charge in [-0.1, -0.05) is 32.0 Å². The van der Waals surface area contributed by atoms with E-state index in [1.54, 1.807) is 13.1 Å². The van der Waals surface area contributed by atoms with Crippen LogP contribution in [0.4, 0.5) is 0 Å². The molecule has 0 bridgehead atoms. The van der Waals surface area contributed by atoms with E-state index in [2.05, 4.69) is 26.0 Å². The van der Waals surface area contributed by atoms with Crippen molar-refractivity contribution in [2.75, 3.05) is 6.54 Å². The van der Waals surface area contributed by atoms with Gasteiger partial charge in [-0.15, -0.1) is 0 Å². The summed E-state index contributed by atoms with van der Waals surface area (Å²) in [5.41, 5.74) is 10.3. The largest absolute Gasteiger partial charge is 0.481 e. The van der Waals surface area contributed by atoms with Gasteiger partial charge in [-0.05, 0) is 55.7 Å². The van der Waals surface area contributed by atoms with E-state index in [1.165, 1.54) is 16.1 Å². The van der Waals surface area contributed by atoms with E-state index in [0.29, 0.717) is 25.1 Å². The molecule has 0 fully saturated rings. The van der Waals surface area contributed by atoms with Crippen LogP contribution in [0.3, 0.4) is 0 Å². The molecule has 5 N–H and O–H groups in total. The van der Waals surface area contributed by atoms with Gasteiger partial charge in [-0.3, -0.25) is 4.79 Å². The quantitative estimate of drug-likeness (QED) is 0.477. The van der Waals surface area contributed by atoms with Gasteiger partial charge in [0.05, 0.1) is 5.92 Å². The summed E-state index contributed by atoms with van der Waals surface area (Å²) in [6.07, 6.45) is 3.95. The summed E-state index contributed by atoms with van der Waals surface area (Å²) in [5, 5.41) is 11.0. The van der Waals surface area contributed by atoms with Crippen molar-refractivity contribution in [3.63, 3.8) is 0 Å². The number of hydrogen-bond donors (Lipinski definition) is 3. The summed E-state index contributed by atoms with van der Waals surface area (Å²) in [4.78, 5) is 11.5. The molecule has 24 heavy (non-hydrogen) atoms. The van der Waals surface area contributed by atoms with Crippen LogP contribution in [0.15, 0.2) is 30.1 Å². The van der Waals surface area contributed by atoms with Crippen LogP contribution >= 0.6 is 0 Å². The zero-order valence-corrected chi connectivity index (χ0v) is 15.2. The Labute approximate surface area is 145 Å². The standard InChI is InChI=1S/C19H31N3O2/c1-5-15-11-16(8-7-13(15)3)18(14(4)19(23)24)10-9-17(20)12-22(21)6-2/h7-8,11-12,14,18H,5-6,9-10,20-21H2,1-4H3,(H,23,24)/b17-12-. The van der Waals surface area contributed by atoms with Gasteiger partial charge in [-0.2, -0.15) is 0 Å². The van der Waals surface area contributed by atoms with Crippen LogP contribution in [0.1, 0.15) is 56.2 Å². The summed E-state index contributed by atoms with van der Waals surface area (Å²) in [6, 6.07) is 6.26. The smallest absolute Gasteiger partial charge is 0.306 e. The van der Waals surface area contributed by atoms with Crippen molar-refractivity contribution in [1.82, 2.24) is 5.01 Å². The first-order chi connectivity index (χ1) is 11.3. The van der Waals surface area contributed by atoms with Crippen molar-refractivity contribution in [2.24, 2.45) is 17.5 Å². The van der Waals surface area contributed by atoms with Gasteiger partial charge in [0, 0.05) is 18.4 Å². The second kappa shape index (κ2) is 9.33. The monoisotopic (exact) mass is 333 g/mol. The Morgan fingerprint density at radius 1 is 1.38 bits per heavy atom. The number of carboxylic acids is 1. The molecule has 0 aromatic heterocycles. The molecule has 1 aromatic rings. The summed E-state index contributed by atoms with van der Waals surface area (Å²) in [7, 11) is 0. The number of nitrogens with zero attached hydrogens (tertiary/aromatic N) is 1. The minimum Gasteiger partial charge on any atom is -0.481 e. The van der Waals surface area contributed by atoms with Crippen molar-refractivity contribution < 1.29 is 9.90 Å². The molecule has 1 aromatic carbocycles. The lowest BCUT2D eigenvalue weighted by molar-refractivity contribution is -0.142. The maximum absolute atomic E-state index is 11.5. The second-order valence-corrected chi connectivity index (χ2v) is 6.35. The molecular weight excluding hydrogens is 302 g/mol. The molecule has 2 unspecified atom stereocenters. The number of hydrogen-bond acceptors (Lipinski definition) is 4. The zero-order chi connectivity index (χ0) is 18.3. The Morgan fingerprint density at radius 2 is 2.04 bits per heavy atom. The normalized spacial score (nSPS) is 14.3. The number of allylic oxidation sites excluding steroid dienone is 1. The average Bonchev–Trinajstić information content (AvgIpc) is 2.55. The minimum atomic E-state index is -0.782. The lowest BCUT2D eigenvalue weighted by atomic mass is 9.82. The Balaban J connectivity index is 3.01. The van der Waals surface area contributed by atoms with Gasteiger partial charge >= 0.3 is 5.97 Å². The zero-order valence-electron chi connectivity index (χ0n) is 15.2. The fourth-order valence-corrected chi connectivity index (χ4v) is 2.87. The van der Waals surface area contributed by atoms with Crippen LogP contribution < -0.4 is 11.6 Å². The molecule has 0 spiro atoms. The van der Waals surface area contributed by atoms with Gasteiger partial charge < -0.3 is 15.8 Å². The van der Waals surface area contributed by atoms with E-state index in [9.17, 15) is 9.90 Å². The molecular formula is C19H31N3O2. The third kappa shape index (κ3) is 5.57. The first kappa shape index (κ1) is 20.0. The Hall–Kier alpha value is -2.01. The third-order valence-corrected chi connectivity index (χ3v) is 4.62. The highest BCUT2D eigenvalue weighted by Crippen LogP contribution is 2.32. The summed E-state index contributed by atoms with van der Waals surface area (Å²) < 4.78 is 0. The van der Waals surface area contributed by atoms with Crippen molar-refractivity contribution in [3.05, 3.63) is 46.8 Å². The number of hydrazine groups is 1. The van der Waals surface area contributed by atoms with E-state index in [0.717, 1.165) is 12.0 Å². The van der Waals surface area contributed by atoms with E-state index in [1.807, 2.05) is 13.0 Å². The number of carbonyl (C=O) groups is 1. The van der Waals surface area contributed by atoms with E-state index >= 15 is 0 Å². The molecule has 0 aliphatic rings. The Morgan fingerprint density at radius 3 is 2.58 bits per heavy atom.